The molecule has 1 spiro atoms. The van der Waals surface area contributed by atoms with Crippen molar-refractivity contribution < 1.29 is 14.3 Å². The zero-order valence-corrected chi connectivity index (χ0v) is 15.0. The molecule has 4 heterocycles. The molecule has 6 nitrogen and oxygen atoms in total. The van der Waals surface area contributed by atoms with Crippen LogP contribution in [0.3, 0.4) is 0 Å². The van der Waals surface area contributed by atoms with Gasteiger partial charge in [0.1, 0.15) is 5.60 Å². The van der Waals surface area contributed by atoms with Gasteiger partial charge in [0, 0.05) is 35.9 Å². The lowest BCUT2D eigenvalue weighted by Gasteiger charge is -2.50. The highest BCUT2D eigenvalue weighted by Gasteiger charge is 2.54. The number of hydrogen-bond donors (Lipinski definition) is 0. The normalized spacial score (nSPS) is 21.5. The monoisotopic (exact) mass is 359 g/mol. The van der Waals surface area contributed by atoms with E-state index in [-0.39, 0.29) is 11.5 Å². The van der Waals surface area contributed by atoms with Crippen LogP contribution < -0.4 is 0 Å². The molecule has 0 bridgehead atoms. The Morgan fingerprint density at radius 3 is 2.96 bits per heavy atom. The molecule has 4 rings (SSSR count). The molecule has 1 amide bonds. The Labute approximate surface area is 150 Å². The largest absolute Gasteiger partial charge is 0.375 e. The Kier molecular flexibility index (Phi) is 4.54. The van der Waals surface area contributed by atoms with Crippen LogP contribution >= 0.6 is 11.3 Å². The molecular weight excluding hydrogens is 338 g/mol. The van der Waals surface area contributed by atoms with Crippen LogP contribution in [-0.2, 0) is 16.1 Å². The highest BCUT2D eigenvalue weighted by Crippen LogP contribution is 2.40. The average molecular weight is 359 g/mol. The van der Waals surface area contributed by atoms with Gasteiger partial charge in [0.15, 0.2) is 0 Å². The molecule has 2 aromatic rings. The number of ether oxygens (including phenoxy) is 2. The van der Waals surface area contributed by atoms with Crippen molar-refractivity contribution >= 4 is 17.2 Å². The summed E-state index contributed by atoms with van der Waals surface area (Å²) in [6.45, 7) is 5.19. The van der Waals surface area contributed by atoms with Crippen LogP contribution in [0.15, 0.2) is 29.9 Å². The first-order chi connectivity index (χ1) is 12.2. The standard InChI is InChI=1S/C18H21N3O3S/c1-13-20-16(10-25-13)9-23-8-15-4-7-24-18(15)11-21(12-18)17(22)14-2-5-19-6-3-14/h2-3,5-6,10,15H,4,7-9,11-12H2,1H3/t15-/m0/s1. The van der Waals surface area contributed by atoms with Crippen LogP contribution in [0.2, 0.25) is 0 Å². The van der Waals surface area contributed by atoms with Crippen LogP contribution in [0, 0.1) is 12.8 Å². The van der Waals surface area contributed by atoms with E-state index in [0.717, 1.165) is 23.7 Å². The zero-order valence-electron chi connectivity index (χ0n) is 14.2. The van der Waals surface area contributed by atoms with Crippen molar-refractivity contribution in [3.63, 3.8) is 0 Å². The minimum absolute atomic E-state index is 0.0427. The zero-order chi connectivity index (χ0) is 17.3. The Morgan fingerprint density at radius 2 is 2.24 bits per heavy atom. The number of aromatic nitrogens is 2. The van der Waals surface area contributed by atoms with Crippen molar-refractivity contribution in [1.82, 2.24) is 14.9 Å². The third-order valence-corrected chi connectivity index (χ3v) is 5.79. The lowest BCUT2D eigenvalue weighted by molar-refractivity contribution is -0.129. The summed E-state index contributed by atoms with van der Waals surface area (Å²) in [5.41, 5.74) is 1.42. The molecule has 2 aliphatic heterocycles. The van der Waals surface area contributed by atoms with E-state index in [2.05, 4.69) is 9.97 Å². The second kappa shape index (κ2) is 6.82. The second-order valence-corrected chi connectivity index (χ2v) is 7.73. The molecule has 2 fully saturated rings. The summed E-state index contributed by atoms with van der Waals surface area (Å²) in [6.07, 6.45) is 4.27. The topological polar surface area (TPSA) is 64.6 Å². The first-order valence-electron chi connectivity index (χ1n) is 8.48. The molecule has 0 aliphatic carbocycles. The van der Waals surface area contributed by atoms with Crippen molar-refractivity contribution in [2.45, 2.75) is 25.6 Å². The van der Waals surface area contributed by atoms with E-state index >= 15 is 0 Å². The smallest absolute Gasteiger partial charge is 0.254 e. The number of aryl methyl sites for hydroxylation is 1. The Bertz CT molecular complexity index is 743. The molecule has 0 saturated carbocycles. The van der Waals surface area contributed by atoms with Gasteiger partial charge in [0.2, 0.25) is 0 Å². The van der Waals surface area contributed by atoms with E-state index < -0.39 is 0 Å². The lowest BCUT2D eigenvalue weighted by atomic mass is 9.81. The second-order valence-electron chi connectivity index (χ2n) is 6.67. The molecule has 1 atom stereocenters. The fourth-order valence-corrected chi connectivity index (χ4v) is 4.17. The molecule has 25 heavy (non-hydrogen) atoms. The number of hydrogen-bond acceptors (Lipinski definition) is 6. The number of nitrogens with zero attached hydrogens (tertiary/aromatic N) is 3. The predicted octanol–water partition coefficient (Wildman–Crippen LogP) is 2.29. The Hall–Kier alpha value is -1.83. The van der Waals surface area contributed by atoms with Crippen LogP contribution in [0.4, 0.5) is 0 Å². The molecule has 2 aromatic heterocycles. The molecule has 2 saturated heterocycles. The summed E-state index contributed by atoms with van der Waals surface area (Å²) in [5.74, 6) is 0.370. The van der Waals surface area contributed by atoms with E-state index in [0.29, 0.717) is 37.8 Å². The molecule has 0 unspecified atom stereocenters. The first-order valence-corrected chi connectivity index (χ1v) is 9.36. The van der Waals surface area contributed by atoms with Crippen molar-refractivity contribution in [2.24, 2.45) is 5.92 Å². The molecule has 0 aromatic carbocycles. The molecular formula is C18H21N3O3S. The van der Waals surface area contributed by atoms with Crippen LogP contribution in [-0.4, -0.2) is 52.7 Å². The number of rotatable bonds is 5. The maximum atomic E-state index is 12.5. The number of carbonyl (C=O) groups excluding carboxylic acids is 1. The van der Waals surface area contributed by atoms with E-state index in [1.165, 1.54) is 0 Å². The summed E-state index contributed by atoms with van der Waals surface area (Å²) in [5, 5.41) is 3.10. The number of likely N-dealkylation sites (tertiary alicyclic amines) is 1. The van der Waals surface area contributed by atoms with Crippen molar-refractivity contribution in [3.05, 3.63) is 46.2 Å². The Balaban J connectivity index is 1.31. The summed E-state index contributed by atoms with van der Waals surface area (Å²) < 4.78 is 11.9. The Morgan fingerprint density at radius 1 is 1.44 bits per heavy atom. The van der Waals surface area contributed by atoms with Crippen molar-refractivity contribution in [1.29, 1.82) is 0 Å². The first kappa shape index (κ1) is 16.6. The van der Waals surface area contributed by atoms with Crippen LogP contribution in [0.25, 0.3) is 0 Å². The quantitative estimate of drug-likeness (QED) is 0.820. The van der Waals surface area contributed by atoms with Gasteiger partial charge in [-0.2, -0.15) is 0 Å². The SMILES string of the molecule is Cc1nc(COC[C@@H]2CCOC23CN(C(=O)c2ccncc2)C3)cs1. The van der Waals surface area contributed by atoms with Crippen molar-refractivity contribution in [2.75, 3.05) is 26.3 Å². The average Bonchev–Trinajstić information content (AvgIpc) is 3.20. The number of carbonyl (C=O) groups is 1. The number of thiazole rings is 1. The van der Waals surface area contributed by atoms with E-state index in [4.69, 9.17) is 9.47 Å². The molecule has 7 heteroatoms. The predicted molar refractivity (Wildman–Crippen MR) is 93.4 cm³/mol. The van der Waals surface area contributed by atoms with Crippen LogP contribution in [0.5, 0.6) is 0 Å². The van der Waals surface area contributed by atoms with E-state index in [1.54, 1.807) is 35.9 Å². The number of pyridine rings is 1. The lowest BCUT2D eigenvalue weighted by Crippen LogP contribution is -2.66. The minimum atomic E-state index is -0.235. The van der Waals surface area contributed by atoms with Gasteiger partial charge in [-0.25, -0.2) is 4.98 Å². The maximum absolute atomic E-state index is 12.5. The third kappa shape index (κ3) is 3.31. The molecule has 2 aliphatic rings. The maximum Gasteiger partial charge on any atom is 0.254 e. The van der Waals surface area contributed by atoms with E-state index in [1.807, 2.05) is 17.2 Å². The fraction of sp³-hybridized carbons (Fsp3) is 0.500. The molecule has 0 N–H and O–H groups in total. The summed E-state index contributed by atoms with van der Waals surface area (Å²) >= 11 is 1.64. The van der Waals surface area contributed by atoms with E-state index in [9.17, 15) is 4.79 Å². The van der Waals surface area contributed by atoms with Crippen molar-refractivity contribution in [3.8, 4) is 0 Å². The van der Waals surface area contributed by atoms with Gasteiger partial charge in [0.05, 0.1) is 37.0 Å². The molecule has 0 radical (unpaired) electrons. The van der Waals surface area contributed by atoms with Gasteiger partial charge in [-0.05, 0) is 25.5 Å². The fourth-order valence-electron chi connectivity index (χ4n) is 3.57. The van der Waals surface area contributed by atoms with Gasteiger partial charge in [-0.15, -0.1) is 11.3 Å². The minimum Gasteiger partial charge on any atom is -0.375 e. The van der Waals surface area contributed by atoms with Gasteiger partial charge in [0.25, 0.3) is 5.91 Å². The summed E-state index contributed by atoms with van der Waals surface area (Å²) in [7, 11) is 0. The highest BCUT2D eigenvalue weighted by molar-refractivity contribution is 7.09. The van der Waals surface area contributed by atoms with Gasteiger partial charge < -0.3 is 14.4 Å². The molecule has 132 valence electrons. The summed E-state index contributed by atoms with van der Waals surface area (Å²) in [6, 6.07) is 3.50. The van der Waals surface area contributed by atoms with Gasteiger partial charge >= 0.3 is 0 Å². The summed E-state index contributed by atoms with van der Waals surface area (Å²) in [4.78, 5) is 22.7. The van der Waals surface area contributed by atoms with Gasteiger partial charge in [-0.1, -0.05) is 0 Å². The van der Waals surface area contributed by atoms with Gasteiger partial charge in [-0.3, -0.25) is 9.78 Å². The number of amides is 1. The third-order valence-electron chi connectivity index (χ3n) is 4.97. The highest BCUT2D eigenvalue weighted by atomic mass is 32.1. The van der Waals surface area contributed by atoms with Crippen LogP contribution in [0.1, 0.15) is 27.5 Å².